The summed E-state index contributed by atoms with van der Waals surface area (Å²) in [5.41, 5.74) is 1.84. The number of hydrogen-bond acceptors (Lipinski definition) is 5. The van der Waals surface area contributed by atoms with E-state index in [0.717, 1.165) is 37.0 Å². The van der Waals surface area contributed by atoms with Crippen LogP contribution in [-0.4, -0.2) is 29.0 Å². The molecule has 9 heteroatoms. The molecule has 0 saturated carbocycles. The quantitative estimate of drug-likeness (QED) is 0.580. The van der Waals surface area contributed by atoms with Crippen LogP contribution >= 0.6 is 24.8 Å². The third-order valence-corrected chi connectivity index (χ3v) is 4.95. The van der Waals surface area contributed by atoms with Crippen LogP contribution in [0.15, 0.2) is 39.5 Å². The molecule has 0 bridgehead atoms. The number of fused-ring (bicyclic) bond motifs is 1. The van der Waals surface area contributed by atoms with E-state index in [0.29, 0.717) is 17.1 Å². The number of amides is 1. The minimum atomic E-state index is -0.585. The number of H-pyrrole nitrogens is 1. The number of aryl methyl sites for hydroxylation is 1. The minimum absolute atomic E-state index is 0. The average molecular weight is 439 g/mol. The summed E-state index contributed by atoms with van der Waals surface area (Å²) in [4.78, 5) is 32.5. The SMILES string of the molecule is Cc1cc(C2CCCNC2)oc(=O)c1C(=O)NCc1nc2ccccc2[nH]1.Cl.Cl. The number of benzene rings is 1. The number of nitrogens with zero attached hydrogens (tertiary/aromatic N) is 1. The lowest BCUT2D eigenvalue weighted by atomic mass is 9.95. The number of piperidine rings is 1. The molecule has 0 aliphatic carbocycles. The maximum atomic E-state index is 12.5. The van der Waals surface area contributed by atoms with E-state index in [-0.39, 0.29) is 42.8 Å². The molecular weight excluding hydrogens is 415 g/mol. The lowest BCUT2D eigenvalue weighted by Crippen LogP contribution is -2.31. The van der Waals surface area contributed by atoms with Gasteiger partial charge in [-0.25, -0.2) is 9.78 Å². The molecule has 4 rings (SSSR count). The number of halogens is 2. The van der Waals surface area contributed by atoms with Crippen molar-refractivity contribution < 1.29 is 9.21 Å². The molecule has 1 atom stereocenters. The zero-order valence-electron chi connectivity index (χ0n) is 16.0. The predicted molar refractivity (Wildman–Crippen MR) is 116 cm³/mol. The molecule has 3 N–H and O–H groups in total. The van der Waals surface area contributed by atoms with Crippen molar-refractivity contribution >= 4 is 41.8 Å². The van der Waals surface area contributed by atoms with Gasteiger partial charge in [-0.2, -0.15) is 0 Å². The molecule has 29 heavy (non-hydrogen) atoms. The summed E-state index contributed by atoms with van der Waals surface area (Å²) in [6.45, 7) is 3.76. The molecule has 0 spiro atoms. The Morgan fingerprint density at radius 2 is 2.10 bits per heavy atom. The molecule has 1 aliphatic rings. The Balaban J connectivity index is 0.00000150. The fraction of sp³-hybridized carbons (Fsp3) is 0.350. The largest absolute Gasteiger partial charge is 0.427 e. The van der Waals surface area contributed by atoms with Crippen LogP contribution in [-0.2, 0) is 6.54 Å². The van der Waals surface area contributed by atoms with Gasteiger partial charge in [0.2, 0.25) is 0 Å². The normalized spacial score (nSPS) is 16.0. The molecule has 1 amide bonds. The first-order valence-electron chi connectivity index (χ1n) is 9.19. The van der Waals surface area contributed by atoms with Crippen molar-refractivity contribution in [1.29, 1.82) is 0 Å². The zero-order valence-corrected chi connectivity index (χ0v) is 17.6. The number of rotatable bonds is 4. The van der Waals surface area contributed by atoms with Crippen LogP contribution in [0, 0.1) is 6.92 Å². The monoisotopic (exact) mass is 438 g/mol. The number of carbonyl (C=O) groups is 1. The highest BCUT2D eigenvalue weighted by atomic mass is 35.5. The van der Waals surface area contributed by atoms with Gasteiger partial charge in [0.05, 0.1) is 17.6 Å². The summed E-state index contributed by atoms with van der Waals surface area (Å²) < 4.78 is 5.47. The fourth-order valence-corrected chi connectivity index (χ4v) is 3.54. The van der Waals surface area contributed by atoms with E-state index in [1.165, 1.54) is 0 Å². The Bertz CT molecular complexity index is 1010. The van der Waals surface area contributed by atoms with E-state index in [2.05, 4.69) is 20.6 Å². The van der Waals surface area contributed by atoms with Crippen molar-refractivity contribution in [2.45, 2.75) is 32.2 Å². The van der Waals surface area contributed by atoms with Gasteiger partial charge >= 0.3 is 5.63 Å². The number of nitrogens with one attached hydrogen (secondary N) is 3. The highest BCUT2D eigenvalue weighted by Gasteiger charge is 2.22. The van der Waals surface area contributed by atoms with Crippen molar-refractivity contribution in [2.75, 3.05) is 13.1 Å². The standard InChI is InChI=1S/C20H22N4O3.2ClH/c1-12-9-16(13-5-4-8-21-10-13)27-20(26)18(12)19(25)22-11-17-23-14-6-2-3-7-15(14)24-17;;/h2-3,6-7,9,13,21H,4-5,8,10-11H2,1H3,(H,22,25)(H,23,24);2*1H. The van der Waals surface area contributed by atoms with Crippen molar-refractivity contribution in [3.8, 4) is 0 Å². The molecule has 1 saturated heterocycles. The van der Waals surface area contributed by atoms with E-state index in [4.69, 9.17) is 4.42 Å². The number of imidazole rings is 1. The number of hydrogen-bond donors (Lipinski definition) is 3. The molecule has 3 heterocycles. The second-order valence-electron chi connectivity index (χ2n) is 6.92. The van der Waals surface area contributed by atoms with Gasteiger partial charge in [0, 0.05) is 12.5 Å². The topological polar surface area (TPSA) is 100 Å². The van der Waals surface area contributed by atoms with Gasteiger partial charge in [0.1, 0.15) is 17.1 Å². The second-order valence-corrected chi connectivity index (χ2v) is 6.92. The van der Waals surface area contributed by atoms with Gasteiger partial charge in [0.15, 0.2) is 0 Å². The highest BCUT2D eigenvalue weighted by molar-refractivity contribution is 5.95. The predicted octanol–water partition coefficient (Wildman–Crippen LogP) is 3.07. The van der Waals surface area contributed by atoms with Gasteiger partial charge in [-0.15, -0.1) is 24.8 Å². The smallest absolute Gasteiger partial charge is 0.349 e. The maximum absolute atomic E-state index is 12.5. The van der Waals surface area contributed by atoms with Crippen LogP contribution < -0.4 is 16.3 Å². The Hall–Kier alpha value is -2.35. The van der Waals surface area contributed by atoms with Crippen LogP contribution in [0.3, 0.4) is 0 Å². The second kappa shape index (κ2) is 9.91. The van der Waals surface area contributed by atoms with E-state index in [1.807, 2.05) is 30.3 Å². The Labute approximate surface area is 180 Å². The van der Waals surface area contributed by atoms with Gasteiger partial charge in [-0.3, -0.25) is 4.79 Å². The molecule has 1 unspecified atom stereocenters. The molecule has 2 aromatic heterocycles. The zero-order chi connectivity index (χ0) is 18.8. The number of aromatic amines is 1. The first kappa shape index (κ1) is 22.9. The average Bonchev–Trinajstić information content (AvgIpc) is 3.09. The van der Waals surface area contributed by atoms with Gasteiger partial charge in [0.25, 0.3) is 5.91 Å². The van der Waals surface area contributed by atoms with Crippen molar-refractivity contribution in [3.05, 3.63) is 63.5 Å². The molecule has 156 valence electrons. The number of carbonyl (C=O) groups excluding carboxylic acids is 1. The summed E-state index contributed by atoms with van der Waals surface area (Å²) >= 11 is 0. The Kier molecular flexibility index (Phi) is 7.84. The Morgan fingerprint density at radius 3 is 2.79 bits per heavy atom. The molecule has 7 nitrogen and oxygen atoms in total. The van der Waals surface area contributed by atoms with E-state index >= 15 is 0 Å². The van der Waals surface area contributed by atoms with Crippen molar-refractivity contribution in [1.82, 2.24) is 20.6 Å². The molecule has 1 fully saturated rings. The summed E-state index contributed by atoms with van der Waals surface area (Å²) in [7, 11) is 0. The van der Waals surface area contributed by atoms with Crippen LogP contribution in [0.5, 0.6) is 0 Å². The first-order valence-corrected chi connectivity index (χ1v) is 9.19. The highest BCUT2D eigenvalue weighted by Crippen LogP contribution is 2.23. The molecular formula is C20H24Cl2N4O3. The number of para-hydroxylation sites is 2. The van der Waals surface area contributed by atoms with Gasteiger partial charge in [-0.1, -0.05) is 12.1 Å². The van der Waals surface area contributed by atoms with Crippen LogP contribution in [0.1, 0.15) is 46.3 Å². The molecule has 1 aliphatic heterocycles. The van der Waals surface area contributed by atoms with E-state index in [9.17, 15) is 9.59 Å². The van der Waals surface area contributed by atoms with E-state index < -0.39 is 11.5 Å². The van der Waals surface area contributed by atoms with Crippen LogP contribution in [0.25, 0.3) is 11.0 Å². The molecule has 3 aromatic rings. The van der Waals surface area contributed by atoms with E-state index in [1.54, 1.807) is 6.92 Å². The van der Waals surface area contributed by atoms with Crippen molar-refractivity contribution in [3.63, 3.8) is 0 Å². The molecule has 0 radical (unpaired) electrons. The minimum Gasteiger partial charge on any atom is -0.427 e. The summed E-state index contributed by atoms with van der Waals surface area (Å²) in [5.74, 6) is 1.02. The van der Waals surface area contributed by atoms with Gasteiger partial charge < -0.3 is 20.0 Å². The van der Waals surface area contributed by atoms with Crippen LogP contribution in [0.4, 0.5) is 0 Å². The first-order chi connectivity index (χ1) is 13.1. The maximum Gasteiger partial charge on any atom is 0.349 e. The third kappa shape index (κ3) is 4.98. The fourth-order valence-electron chi connectivity index (χ4n) is 3.54. The third-order valence-electron chi connectivity index (χ3n) is 4.95. The lowest BCUT2D eigenvalue weighted by Gasteiger charge is -2.22. The van der Waals surface area contributed by atoms with Crippen molar-refractivity contribution in [2.24, 2.45) is 0 Å². The Morgan fingerprint density at radius 1 is 1.31 bits per heavy atom. The summed E-state index contributed by atoms with van der Waals surface area (Å²) in [5, 5.41) is 6.06. The lowest BCUT2D eigenvalue weighted by molar-refractivity contribution is 0.0944. The number of aromatic nitrogens is 2. The molecule has 1 aromatic carbocycles. The van der Waals surface area contributed by atoms with Crippen LogP contribution in [0.2, 0.25) is 0 Å². The van der Waals surface area contributed by atoms with Gasteiger partial charge in [-0.05, 0) is 50.1 Å². The summed E-state index contributed by atoms with van der Waals surface area (Å²) in [6.07, 6.45) is 2.03. The summed E-state index contributed by atoms with van der Waals surface area (Å²) in [6, 6.07) is 9.46.